The van der Waals surface area contributed by atoms with Crippen molar-refractivity contribution in [2.24, 2.45) is 0 Å². The van der Waals surface area contributed by atoms with Crippen LogP contribution in [-0.2, 0) is 6.54 Å². The molecule has 96 valence electrons. The predicted molar refractivity (Wildman–Crippen MR) is 69.8 cm³/mol. The van der Waals surface area contributed by atoms with Crippen LogP contribution in [0.5, 0.6) is 0 Å². The standard InChI is InChI=1S/C13H24N4/c1-12-5-2-3-9-17(12)10-4-6-14-11-13-15-7-8-16-13/h7-8,12,14H,2-6,9-11H2,1H3,(H,15,16). The lowest BCUT2D eigenvalue weighted by Crippen LogP contribution is -2.38. The van der Waals surface area contributed by atoms with Crippen molar-refractivity contribution < 1.29 is 0 Å². The van der Waals surface area contributed by atoms with E-state index in [0.29, 0.717) is 0 Å². The summed E-state index contributed by atoms with van der Waals surface area (Å²) in [6.45, 7) is 6.80. The smallest absolute Gasteiger partial charge is 0.120 e. The molecule has 4 heteroatoms. The van der Waals surface area contributed by atoms with Gasteiger partial charge >= 0.3 is 0 Å². The largest absolute Gasteiger partial charge is 0.348 e. The Labute approximate surface area is 104 Å². The van der Waals surface area contributed by atoms with E-state index in [0.717, 1.165) is 25.0 Å². The molecule has 2 N–H and O–H groups in total. The highest BCUT2D eigenvalue weighted by molar-refractivity contribution is 4.85. The average molecular weight is 236 g/mol. The maximum Gasteiger partial charge on any atom is 0.120 e. The minimum atomic E-state index is 0.786. The van der Waals surface area contributed by atoms with Crippen LogP contribution in [-0.4, -0.2) is 40.5 Å². The summed E-state index contributed by atoms with van der Waals surface area (Å²) in [6.07, 6.45) is 9.06. The molecular weight excluding hydrogens is 212 g/mol. The van der Waals surface area contributed by atoms with E-state index in [9.17, 15) is 0 Å². The molecule has 1 fully saturated rings. The zero-order valence-electron chi connectivity index (χ0n) is 10.8. The summed E-state index contributed by atoms with van der Waals surface area (Å²) in [4.78, 5) is 9.91. The molecule has 1 aliphatic rings. The second-order valence-electron chi connectivity index (χ2n) is 4.95. The first-order valence-electron chi connectivity index (χ1n) is 6.79. The quantitative estimate of drug-likeness (QED) is 0.740. The summed E-state index contributed by atoms with van der Waals surface area (Å²) in [5.41, 5.74) is 0. The third kappa shape index (κ3) is 4.13. The van der Waals surface area contributed by atoms with Crippen molar-refractivity contribution in [3.63, 3.8) is 0 Å². The zero-order valence-corrected chi connectivity index (χ0v) is 10.8. The van der Waals surface area contributed by atoms with Crippen LogP contribution in [0.1, 0.15) is 38.4 Å². The molecule has 0 saturated carbocycles. The number of hydrogen-bond donors (Lipinski definition) is 2. The molecule has 1 atom stereocenters. The van der Waals surface area contributed by atoms with Crippen molar-refractivity contribution in [1.29, 1.82) is 0 Å². The van der Waals surface area contributed by atoms with Crippen molar-refractivity contribution in [2.45, 2.75) is 45.2 Å². The van der Waals surface area contributed by atoms with Crippen LogP contribution in [0.25, 0.3) is 0 Å². The van der Waals surface area contributed by atoms with E-state index < -0.39 is 0 Å². The zero-order chi connectivity index (χ0) is 11.9. The van der Waals surface area contributed by atoms with Gasteiger partial charge in [0, 0.05) is 18.4 Å². The first-order chi connectivity index (χ1) is 8.36. The fraction of sp³-hybridized carbons (Fsp3) is 0.769. The Kier molecular flexibility index (Phi) is 5.01. The third-order valence-corrected chi connectivity index (χ3v) is 3.59. The van der Waals surface area contributed by atoms with Crippen molar-refractivity contribution in [2.75, 3.05) is 19.6 Å². The number of likely N-dealkylation sites (tertiary alicyclic amines) is 1. The highest BCUT2D eigenvalue weighted by atomic mass is 15.2. The van der Waals surface area contributed by atoms with Crippen molar-refractivity contribution in [1.82, 2.24) is 20.2 Å². The second-order valence-corrected chi connectivity index (χ2v) is 4.95. The minimum Gasteiger partial charge on any atom is -0.348 e. The molecular formula is C13H24N4. The number of imidazole rings is 1. The maximum absolute atomic E-state index is 4.19. The van der Waals surface area contributed by atoms with Gasteiger partial charge in [0.2, 0.25) is 0 Å². The number of nitrogens with one attached hydrogen (secondary N) is 2. The van der Waals surface area contributed by atoms with Crippen molar-refractivity contribution >= 4 is 0 Å². The fourth-order valence-electron chi connectivity index (χ4n) is 2.50. The monoisotopic (exact) mass is 236 g/mol. The molecule has 0 spiro atoms. The first-order valence-corrected chi connectivity index (χ1v) is 6.79. The van der Waals surface area contributed by atoms with E-state index in [1.54, 1.807) is 6.20 Å². The molecule has 1 aliphatic heterocycles. The summed E-state index contributed by atoms with van der Waals surface area (Å²) in [5, 5.41) is 3.42. The summed E-state index contributed by atoms with van der Waals surface area (Å²) < 4.78 is 0. The topological polar surface area (TPSA) is 44.0 Å². The number of H-pyrrole nitrogens is 1. The highest BCUT2D eigenvalue weighted by Crippen LogP contribution is 2.15. The van der Waals surface area contributed by atoms with Crippen molar-refractivity contribution in [3.8, 4) is 0 Å². The molecule has 1 aromatic heterocycles. The summed E-state index contributed by atoms with van der Waals surface area (Å²) >= 11 is 0. The first kappa shape index (κ1) is 12.6. The number of nitrogens with zero attached hydrogens (tertiary/aromatic N) is 2. The Morgan fingerprint density at radius 2 is 2.47 bits per heavy atom. The van der Waals surface area contributed by atoms with Gasteiger partial charge in [0.25, 0.3) is 0 Å². The average Bonchev–Trinajstić information content (AvgIpc) is 2.84. The van der Waals surface area contributed by atoms with Crippen LogP contribution in [0, 0.1) is 0 Å². The van der Waals surface area contributed by atoms with E-state index in [1.807, 2.05) is 6.20 Å². The van der Waals surface area contributed by atoms with E-state index in [-0.39, 0.29) is 0 Å². The highest BCUT2D eigenvalue weighted by Gasteiger charge is 2.16. The van der Waals surface area contributed by atoms with E-state index in [2.05, 4.69) is 27.1 Å². The molecule has 0 radical (unpaired) electrons. The van der Waals surface area contributed by atoms with Crippen molar-refractivity contribution in [3.05, 3.63) is 18.2 Å². The number of rotatable bonds is 6. The Bertz CT molecular complexity index is 296. The van der Waals surface area contributed by atoms with Gasteiger partial charge in [-0.15, -0.1) is 0 Å². The Morgan fingerprint density at radius 3 is 3.24 bits per heavy atom. The lowest BCUT2D eigenvalue weighted by Gasteiger charge is -2.33. The normalized spacial score (nSPS) is 21.8. The summed E-state index contributed by atoms with van der Waals surface area (Å²) in [7, 11) is 0. The molecule has 0 bridgehead atoms. The molecule has 1 unspecified atom stereocenters. The molecule has 2 rings (SSSR count). The van der Waals surface area contributed by atoms with E-state index >= 15 is 0 Å². The van der Waals surface area contributed by atoms with Crippen LogP contribution >= 0.6 is 0 Å². The Hall–Kier alpha value is -0.870. The second kappa shape index (κ2) is 6.77. The van der Waals surface area contributed by atoms with E-state index in [1.165, 1.54) is 38.8 Å². The number of aromatic amines is 1. The molecule has 17 heavy (non-hydrogen) atoms. The van der Waals surface area contributed by atoms with Gasteiger partial charge in [0.15, 0.2) is 0 Å². The SMILES string of the molecule is CC1CCCCN1CCCNCc1ncc[nH]1. The third-order valence-electron chi connectivity index (χ3n) is 3.59. The molecule has 2 heterocycles. The minimum absolute atomic E-state index is 0.786. The van der Waals surface area contributed by atoms with Gasteiger partial charge in [0.1, 0.15) is 5.82 Å². The van der Waals surface area contributed by atoms with Gasteiger partial charge in [0.05, 0.1) is 6.54 Å². The van der Waals surface area contributed by atoms with Gasteiger partial charge in [-0.1, -0.05) is 6.42 Å². The number of hydrogen-bond acceptors (Lipinski definition) is 3. The Balaban J connectivity index is 1.53. The van der Waals surface area contributed by atoms with Crippen LogP contribution in [0.15, 0.2) is 12.4 Å². The predicted octanol–water partition coefficient (Wildman–Crippen LogP) is 1.76. The van der Waals surface area contributed by atoms with Crippen LogP contribution in [0.2, 0.25) is 0 Å². The fourth-order valence-corrected chi connectivity index (χ4v) is 2.50. The molecule has 0 aromatic carbocycles. The van der Waals surface area contributed by atoms with Crippen LogP contribution in [0.3, 0.4) is 0 Å². The molecule has 1 aromatic rings. The van der Waals surface area contributed by atoms with Gasteiger partial charge in [-0.05, 0) is 45.8 Å². The van der Waals surface area contributed by atoms with Gasteiger partial charge in [-0.3, -0.25) is 0 Å². The molecule has 0 aliphatic carbocycles. The summed E-state index contributed by atoms with van der Waals surface area (Å²) in [6, 6.07) is 0.786. The van der Waals surface area contributed by atoms with Gasteiger partial charge in [-0.25, -0.2) is 4.98 Å². The maximum atomic E-state index is 4.19. The number of piperidine rings is 1. The number of aromatic nitrogens is 2. The molecule has 4 nitrogen and oxygen atoms in total. The Morgan fingerprint density at radius 1 is 1.53 bits per heavy atom. The van der Waals surface area contributed by atoms with Gasteiger partial charge in [-0.2, -0.15) is 0 Å². The van der Waals surface area contributed by atoms with E-state index in [4.69, 9.17) is 0 Å². The lowest BCUT2D eigenvalue weighted by atomic mass is 10.0. The lowest BCUT2D eigenvalue weighted by molar-refractivity contribution is 0.159. The van der Waals surface area contributed by atoms with Crippen LogP contribution in [0.4, 0.5) is 0 Å². The molecule has 0 amide bonds. The van der Waals surface area contributed by atoms with Gasteiger partial charge < -0.3 is 15.2 Å². The molecule has 1 saturated heterocycles. The van der Waals surface area contributed by atoms with Crippen LogP contribution < -0.4 is 5.32 Å². The summed E-state index contributed by atoms with van der Waals surface area (Å²) in [5.74, 6) is 1.02.